The van der Waals surface area contributed by atoms with Crippen LogP contribution in [0.1, 0.15) is 6.92 Å². The first-order chi connectivity index (χ1) is 14.3. The number of nitrogens with one attached hydrogen (secondary N) is 1. The van der Waals surface area contributed by atoms with Crippen molar-refractivity contribution in [2.45, 2.75) is 19.5 Å². The molecule has 5 heterocycles. The number of aryl methyl sites for hydroxylation is 1. The molecule has 1 N–H and O–H groups in total. The van der Waals surface area contributed by atoms with Gasteiger partial charge in [-0.15, -0.1) is 5.10 Å². The topological polar surface area (TPSA) is 89.2 Å². The van der Waals surface area contributed by atoms with Crippen LogP contribution in [0.3, 0.4) is 0 Å². The highest BCUT2D eigenvalue weighted by molar-refractivity contribution is 5.81. The van der Waals surface area contributed by atoms with E-state index in [0.717, 1.165) is 34.8 Å². The first-order valence-corrected chi connectivity index (χ1v) is 9.57. The van der Waals surface area contributed by atoms with Gasteiger partial charge in [-0.25, -0.2) is 13.9 Å². The van der Waals surface area contributed by atoms with E-state index in [-0.39, 0.29) is 12.6 Å². The lowest BCUT2D eigenvalue weighted by molar-refractivity contribution is 0.0984. The number of rotatable bonds is 5. The second-order valence-corrected chi connectivity index (χ2v) is 7.01. The number of halogens is 1. The smallest absolute Gasteiger partial charge is 0.179 e. The molecule has 10 heteroatoms. The van der Waals surface area contributed by atoms with E-state index in [0.29, 0.717) is 19.0 Å². The number of fused-ring (bicyclic) bond motifs is 1. The predicted octanol–water partition coefficient (Wildman–Crippen LogP) is 2.18. The van der Waals surface area contributed by atoms with Crippen LogP contribution in [0.25, 0.3) is 28.3 Å². The van der Waals surface area contributed by atoms with Gasteiger partial charge in [0.05, 0.1) is 43.2 Å². The van der Waals surface area contributed by atoms with Crippen molar-refractivity contribution in [2.24, 2.45) is 0 Å². The lowest BCUT2D eigenvalue weighted by atomic mass is 10.1. The zero-order valence-corrected chi connectivity index (χ0v) is 16.0. The highest BCUT2D eigenvalue weighted by Gasteiger charge is 2.24. The fourth-order valence-corrected chi connectivity index (χ4v) is 3.76. The van der Waals surface area contributed by atoms with Crippen LogP contribution in [0.5, 0.6) is 0 Å². The summed E-state index contributed by atoms with van der Waals surface area (Å²) in [4.78, 5) is 6.79. The molecule has 0 aliphatic carbocycles. The molecule has 150 valence electrons. The molecule has 1 aliphatic heterocycles. The van der Waals surface area contributed by atoms with Gasteiger partial charge in [0.2, 0.25) is 0 Å². The number of hydrogen-bond donors (Lipinski definition) is 1. The molecule has 0 spiro atoms. The molecule has 4 aromatic heterocycles. The normalized spacial score (nSPS) is 17.3. The van der Waals surface area contributed by atoms with Gasteiger partial charge in [0, 0.05) is 24.5 Å². The van der Waals surface area contributed by atoms with Crippen LogP contribution in [0, 0.1) is 0 Å². The number of alkyl halides is 1. The SMILES string of the molecule is C[C@@H]1COCCN1c1cc(-c2ccnn2CCF)c2cnc(-c3ccn[nH]3)n2n1. The second kappa shape index (κ2) is 7.28. The highest BCUT2D eigenvalue weighted by Crippen LogP contribution is 2.31. The summed E-state index contributed by atoms with van der Waals surface area (Å²) in [5.74, 6) is 1.48. The van der Waals surface area contributed by atoms with E-state index in [1.54, 1.807) is 23.3 Å². The van der Waals surface area contributed by atoms with E-state index in [1.807, 2.05) is 22.7 Å². The Morgan fingerprint density at radius 3 is 3.03 bits per heavy atom. The molecule has 1 atom stereocenters. The Balaban J connectivity index is 1.73. The van der Waals surface area contributed by atoms with Crippen LogP contribution in [0.4, 0.5) is 10.2 Å². The number of nitrogens with zero attached hydrogens (tertiary/aromatic N) is 7. The molecule has 29 heavy (non-hydrogen) atoms. The van der Waals surface area contributed by atoms with E-state index in [4.69, 9.17) is 9.84 Å². The van der Waals surface area contributed by atoms with Gasteiger partial charge >= 0.3 is 0 Å². The van der Waals surface area contributed by atoms with Crippen LogP contribution in [0.15, 0.2) is 36.8 Å². The molecule has 0 radical (unpaired) electrons. The predicted molar refractivity (Wildman–Crippen MR) is 105 cm³/mol. The third kappa shape index (κ3) is 3.05. The zero-order valence-electron chi connectivity index (χ0n) is 16.0. The lowest BCUT2D eigenvalue weighted by Crippen LogP contribution is -2.44. The third-order valence-electron chi connectivity index (χ3n) is 5.18. The van der Waals surface area contributed by atoms with Crippen molar-refractivity contribution in [3.8, 4) is 22.8 Å². The molecular formula is C19H21FN8O. The highest BCUT2D eigenvalue weighted by atomic mass is 19.1. The Labute approximate surface area is 166 Å². The van der Waals surface area contributed by atoms with Crippen molar-refractivity contribution in [3.05, 3.63) is 36.8 Å². The summed E-state index contributed by atoms with van der Waals surface area (Å²) in [5, 5.41) is 16.1. The Morgan fingerprint density at radius 2 is 2.24 bits per heavy atom. The molecule has 1 fully saturated rings. The largest absolute Gasteiger partial charge is 0.377 e. The van der Waals surface area contributed by atoms with Gasteiger partial charge in [0.25, 0.3) is 0 Å². The number of hydrogen-bond acceptors (Lipinski definition) is 6. The van der Waals surface area contributed by atoms with Crippen LogP contribution >= 0.6 is 0 Å². The molecule has 9 nitrogen and oxygen atoms in total. The fraction of sp³-hybridized carbons (Fsp3) is 0.368. The molecular weight excluding hydrogens is 375 g/mol. The Bertz CT molecular complexity index is 1120. The van der Waals surface area contributed by atoms with Crippen molar-refractivity contribution in [1.82, 2.24) is 34.6 Å². The second-order valence-electron chi connectivity index (χ2n) is 7.01. The number of H-pyrrole nitrogens is 1. The molecule has 0 unspecified atom stereocenters. The number of aromatic amines is 1. The molecule has 0 amide bonds. The summed E-state index contributed by atoms with van der Waals surface area (Å²) >= 11 is 0. The Kier molecular flexibility index (Phi) is 4.47. The standard InChI is InChI=1S/C19H21FN8O/c1-13-12-29-9-8-26(13)18-10-14(16-3-6-23-27(16)7-4-20)17-11-21-19(28(17)25-18)15-2-5-22-24-15/h2-3,5-6,10-11,13H,4,7-9,12H2,1H3,(H,22,24)/t13-/m1/s1. The Hall–Kier alpha value is -3.27. The van der Waals surface area contributed by atoms with Crippen LogP contribution in [0.2, 0.25) is 0 Å². The maximum Gasteiger partial charge on any atom is 0.179 e. The average molecular weight is 396 g/mol. The number of morpholine rings is 1. The summed E-state index contributed by atoms with van der Waals surface area (Å²) < 4.78 is 22.1. The van der Waals surface area contributed by atoms with Crippen molar-refractivity contribution >= 4 is 11.3 Å². The summed E-state index contributed by atoms with van der Waals surface area (Å²) in [5.41, 5.74) is 3.32. The number of imidazole rings is 1. The van der Waals surface area contributed by atoms with E-state index < -0.39 is 6.67 Å². The minimum atomic E-state index is -0.484. The van der Waals surface area contributed by atoms with Gasteiger partial charge in [-0.05, 0) is 25.1 Å². The van der Waals surface area contributed by atoms with Gasteiger partial charge in [-0.3, -0.25) is 9.78 Å². The summed E-state index contributed by atoms with van der Waals surface area (Å²) in [7, 11) is 0. The van der Waals surface area contributed by atoms with Crippen molar-refractivity contribution < 1.29 is 9.13 Å². The molecule has 5 rings (SSSR count). The minimum Gasteiger partial charge on any atom is -0.377 e. The quantitative estimate of drug-likeness (QED) is 0.556. The van der Waals surface area contributed by atoms with E-state index >= 15 is 0 Å². The van der Waals surface area contributed by atoms with Gasteiger partial charge in [-0.1, -0.05) is 0 Å². The Morgan fingerprint density at radius 1 is 1.31 bits per heavy atom. The number of anilines is 1. The van der Waals surface area contributed by atoms with Crippen molar-refractivity contribution in [2.75, 3.05) is 31.3 Å². The maximum atomic E-state index is 13.1. The molecule has 0 bridgehead atoms. The first-order valence-electron chi connectivity index (χ1n) is 9.57. The van der Waals surface area contributed by atoms with Gasteiger partial charge in [0.15, 0.2) is 11.6 Å². The lowest BCUT2D eigenvalue weighted by Gasteiger charge is -2.34. The molecule has 1 saturated heterocycles. The molecule has 0 aromatic carbocycles. The summed E-state index contributed by atoms with van der Waals surface area (Å²) in [6.45, 7) is 3.87. The summed E-state index contributed by atoms with van der Waals surface area (Å²) in [6.07, 6.45) is 5.14. The van der Waals surface area contributed by atoms with E-state index in [2.05, 4.69) is 32.1 Å². The maximum absolute atomic E-state index is 13.1. The first kappa shape index (κ1) is 17.8. The van der Waals surface area contributed by atoms with Crippen LogP contribution in [-0.2, 0) is 11.3 Å². The summed E-state index contributed by atoms with van der Waals surface area (Å²) in [6, 6.07) is 5.96. The van der Waals surface area contributed by atoms with Crippen molar-refractivity contribution in [1.29, 1.82) is 0 Å². The van der Waals surface area contributed by atoms with Crippen LogP contribution < -0.4 is 4.90 Å². The molecule has 1 aliphatic rings. The van der Waals surface area contributed by atoms with Gasteiger partial charge in [0.1, 0.15) is 12.4 Å². The molecule has 4 aromatic rings. The van der Waals surface area contributed by atoms with E-state index in [1.165, 1.54) is 0 Å². The number of ether oxygens (including phenoxy) is 1. The molecule has 0 saturated carbocycles. The van der Waals surface area contributed by atoms with E-state index in [9.17, 15) is 4.39 Å². The minimum absolute atomic E-state index is 0.191. The van der Waals surface area contributed by atoms with Gasteiger partial charge in [-0.2, -0.15) is 10.2 Å². The third-order valence-corrected chi connectivity index (χ3v) is 5.18. The van der Waals surface area contributed by atoms with Crippen molar-refractivity contribution in [3.63, 3.8) is 0 Å². The van der Waals surface area contributed by atoms with Gasteiger partial charge < -0.3 is 9.64 Å². The number of aromatic nitrogens is 7. The monoisotopic (exact) mass is 396 g/mol. The fourth-order valence-electron chi connectivity index (χ4n) is 3.76. The van der Waals surface area contributed by atoms with Crippen LogP contribution in [-0.4, -0.2) is 67.1 Å². The average Bonchev–Trinajstić information content (AvgIpc) is 3.48. The zero-order chi connectivity index (χ0) is 19.8.